The smallest absolute Gasteiger partial charge is 0.306 e. The van der Waals surface area contributed by atoms with E-state index in [0.29, 0.717) is 46.0 Å². The number of aliphatic carboxylic acids is 1. The third kappa shape index (κ3) is 3.85. The van der Waals surface area contributed by atoms with Crippen molar-refractivity contribution in [2.75, 3.05) is 16.8 Å². The lowest BCUT2D eigenvalue weighted by atomic mass is 9.82. The zero-order valence-electron chi connectivity index (χ0n) is 17.9. The summed E-state index contributed by atoms with van der Waals surface area (Å²) in [6.07, 6.45) is 3.15. The van der Waals surface area contributed by atoms with E-state index < -0.39 is 5.97 Å². The number of carboxylic acids is 1. The molecule has 3 aromatic rings. The summed E-state index contributed by atoms with van der Waals surface area (Å²) in [5, 5.41) is 14.6. The maximum Gasteiger partial charge on any atom is 0.306 e. The lowest BCUT2D eigenvalue weighted by molar-refractivity contribution is -0.143. The normalized spacial score (nSPS) is 20.2. The van der Waals surface area contributed by atoms with Gasteiger partial charge in [0.05, 0.1) is 11.6 Å². The second-order valence-electron chi connectivity index (χ2n) is 8.75. The Morgan fingerprint density at radius 2 is 1.67 bits per heavy atom. The molecule has 2 N–H and O–H groups in total. The number of hydrogen-bond acceptors (Lipinski definition) is 4. The van der Waals surface area contributed by atoms with Crippen molar-refractivity contribution in [3.05, 3.63) is 70.7 Å². The molecule has 3 aromatic carbocycles. The number of nitrogens with one attached hydrogen (secondary N) is 1. The van der Waals surface area contributed by atoms with Gasteiger partial charge in [0, 0.05) is 39.2 Å². The number of benzene rings is 3. The predicted octanol–water partition coefficient (Wildman–Crippen LogP) is 5.60. The Hall–Kier alpha value is -3.38. The van der Waals surface area contributed by atoms with Crippen LogP contribution in [0.3, 0.4) is 0 Å². The molecule has 7 heteroatoms. The van der Waals surface area contributed by atoms with Crippen LogP contribution in [0.1, 0.15) is 46.4 Å². The van der Waals surface area contributed by atoms with Crippen LogP contribution in [0.15, 0.2) is 54.6 Å². The summed E-state index contributed by atoms with van der Waals surface area (Å²) in [5.74, 6) is -1.28. The Morgan fingerprint density at radius 3 is 2.36 bits per heavy atom. The van der Waals surface area contributed by atoms with E-state index in [4.69, 9.17) is 11.6 Å². The minimum absolute atomic E-state index is 0.235. The van der Waals surface area contributed by atoms with Crippen molar-refractivity contribution >= 4 is 51.5 Å². The van der Waals surface area contributed by atoms with E-state index >= 15 is 0 Å². The van der Waals surface area contributed by atoms with Crippen molar-refractivity contribution in [1.82, 2.24) is 0 Å². The van der Waals surface area contributed by atoms with E-state index in [1.165, 1.54) is 4.90 Å². The van der Waals surface area contributed by atoms with Crippen molar-refractivity contribution < 1.29 is 19.5 Å². The maximum absolute atomic E-state index is 13.3. The molecule has 0 saturated heterocycles. The molecule has 1 heterocycles. The van der Waals surface area contributed by atoms with Crippen LogP contribution in [0.2, 0.25) is 5.02 Å². The average molecular weight is 463 g/mol. The van der Waals surface area contributed by atoms with Gasteiger partial charge in [-0.05, 0) is 68.0 Å². The summed E-state index contributed by atoms with van der Waals surface area (Å²) < 4.78 is 0. The predicted molar refractivity (Wildman–Crippen MR) is 128 cm³/mol. The molecule has 1 aliphatic carbocycles. The minimum Gasteiger partial charge on any atom is -0.481 e. The first-order chi connectivity index (χ1) is 15.9. The summed E-state index contributed by atoms with van der Waals surface area (Å²) in [7, 11) is 0. The summed E-state index contributed by atoms with van der Waals surface area (Å²) in [6.45, 7) is 0.724. The first-order valence-electron chi connectivity index (χ1n) is 11.1. The highest BCUT2D eigenvalue weighted by molar-refractivity contribution is 6.37. The topological polar surface area (TPSA) is 86.7 Å². The SMILES string of the molecule is O=C(O)C1CCC(CNc2ccc3c4c(cccc24)C(=O)N(c2cccc(Cl)c2)C3=O)CC1. The van der Waals surface area contributed by atoms with Gasteiger partial charge in [0.1, 0.15) is 0 Å². The van der Waals surface area contributed by atoms with Gasteiger partial charge in [-0.15, -0.1) is 0 Å². The third-order valence-corrected chi connectivity index (χ3v) is 6.99. The van der Waals surface area contributed by atoms with Crippen LogP contribution >= 0.6 is 11.6 Å². The van der Waals surface area contributed by atoms with Crippen LogP contribution in [0.4, 0.5) is 11.4 Å². The Labute approximate surface area is 196 Å². The molecule has 5 rings (SSSR count). The van der Waals surface area contributed by atoms with Crippen LogP contribution < -0.4 is 10.2 Å². The first kappa shape index (κ1) is 21.5. The van der Waals surface area contributed by atoms with Gasteiger partial charge >= 0.3 is 5.97 Å². The van der Waals surface area contributed by atoms with Gasteiger partial charge in [0.2, 0.25) is 0 Å². The van der Waals surface area contributed by atoms with Crippen molar-refractivity contribution in [3.63, 3.8) is 0 Å². The van der Waals surface area contributed by atoms with Gasteiger partial charge < -0.3 is 10.4 Å². The molecule has 1 aliphatic heterocycles. The molecular formula is C26H23ClN2O4. The molecule has 0 aromatic heterocycles. The number of anilines is 2. The summed E-state index contributed by atoms with van der Waals surface area (Å²) in [5.41, 5.74) is 2.27. The molecule has 1 fully saturated rings. The molecule has 6 nitrogen and oxygen atoms in total. The third-order valence-electron chi connectivity index (χ3n) is 6.75. The molecule has 1 saturated carbocycles. The number of carbonyl (C=O) groups is 3. The monoisotopic (exact) mass is 462 g/mol. The fourth-order valence-electron chi connectivity index (χ4n) is 4.97. The summed E-state index contributed by atoms with van der Waals surface area (Å²) in [6, 6.07) is 15.9. The van der Waals surface area contributed by atoms with Gasteiger partial charge in [-0.3, -0.25) is 14.4 Å². The number of carboxylic acid groups (broad SMARTS) is 1. The molecule has 0 atom stereocenters. The average Bonchev–Trinajstić information content (AvgIpc) is 2.81. The highest BCUT2D eigenvalue weighted by Crippen LogP contribution is 2.37. The zero-order chi connectivity index (χ0) is 23.1. The molecule has 0 bridgehead atoms. The van der Waals surface area contributed by atoms with E-state index in [1.54, 1.807) is 36.4 Å². The molecular weight excluding hydrogens is 440 g/mol. The quantitative estimate of drug-likeness (QED) is 0.482. The van der Waals surface area contributed by atoms with Gasteiger partial charge in [-0.1, -0.05) is 29.8 Å². The molecule has 33 heavy (non-hydrogen) atoms. The minimum atomic E-state index is -0.703. The van der Waals surface area contributed by atoms with Gasteiger partial charge in [-0.2, -0.15) is 0 Å². The lowest BCUT2D eigenvalue weighted by Gasteiger charge is -2.29. The summed E-state index contributed by atoms with van der Waals surface area (Å²) >= 11 is 6.10. The Kier molecular flexibility index (Phi) is 5.54. The zero-order valence-corrected chi connectivity index (χ0v) is 18.6. The number of carbonyl (C=O) groups excluding carboxylic acids is 2. The lowest BCUT2D eigenvalue weighted by Crippen LogP contribution is -2.40. The van der Waals surface area contributed by atoms with Gasteiger partial charge in [0.25, 0.3) is 11.8 Å². The van der Waals surface area contributed by atoms with Gasteiger partial charge in [0.15, 0.2) is 0 Å². The van der Waals surface area contributed by atoms with Gasteiger partial charge in [-0.25, -0.2) is 4.90 Å². The number of nitrogens with zero attached hydrogens (tertiary/aromatic N) is 1. The molecule has 0 radical (unpaired) electrons. The Morgan fingerprint density at radius 1 is 0.970 bits per heavy atom. The van der Waals surface area contributed by atoms with E-state index in [2.05, 4.69) is 5.32 Å². The summed E-state index contributed by atoms with van der Waals surface area (Å²) in [4.78, 5) is 39.0. The van der Waals surface area contributed by atoms with E-state index in [-0.39, 0.29) is 17.7 Å². The second kappa shape index (κ2) is 8.52. The molecule has 2 amide bonds. The first-order valence-corrected chi connectivity index (χ1v) is 11.5. The second-order valence-corrected chi connectivity index (χ2v) is 9.19. The van der Waals surface area contributed by atoms with Crippen LogP contribution in [0.25, 0.3) is 10.8 Å². The van der Waals surface area contributed by atoms with Crippen molar-refractivity contribution in [3.8, 4) is 0 Å². The van der Waals surface area contributed by atoms with Crippen molar-refractivity contribution in [2.45, 2.75) is 25.7 Å². The highest BCUT2D eigenvalue weighted by atomic mass is 35.5. The highest BCUT2D eigenvalue weighted by Gasteiger charge is 2.34. The van der Waals surface area contributed by atoms with Crippen LogP contribution in [-0.4, -0.2) is 29.4 Å². The maximum atomic E-state index is 13.3. The fraction of sp³-hybridized carbons (Fsp3) is 0.269. The Bertz CT molecular complexity index is 1260. The molecule has 2 aliphatic rings. The molecule has 0 spiro atoms. The number of rotatable bonds is 5. The number of hydrogen-bond donors (Lipinski definition) is 2. The number of halogens is 1. The van der Waals surface area contributed by atoms with Crippen molar-refractivity contribution in [1.29, 1.82) is 0 Å². The van der Waals surface area contributed by atoms with E-state index in [9.17, 15) is 19.5 Å². The Balaban J connectivity index is 1.43. The fourth-order valence-corrected chi connectivity index (χ4v) is 5.15. The van der Waals surface area contributed by atoms with E-state index in [1.807, 2.05) is 18.2 Å². The van der Waals surface area contributed by atoms with Crippen molar-refractivity contribution in [2.24, 2.45) is 11.8 Å². The number of amides is 2. The van der Waals surface area contributed by atoms with Crippen LogP contribution in [-0.2, 0) is 4.79 Å². The molecule has 168 valence electrons. The largest absolute Gasteiger partial charge is 0.481 e. The van der Waals surface area contributed by atoms with Crippen LogP contribution in [0.5, 0.6) is 0 Å². The van der Waals surface area contributed by atoms with Crippen LogP contribution in [0, 0.1) is 11.8 Å². The number of imide groups is 1. The molecule has 0 unspecified atom stereocenters. The standard InChI is InChI=1S/C26H23ClN2O4/c27-17-3-1-4-18(13-17)29-24(30)20-6-2-5-19-22(12-11-21(23(19)20)25(29)31)28-14-15-7-9-16(10-8-15)26(32)33/h1-6,11-13,15-16,28H,7-10,14H2,(H,32,33). The van der Waals surface area contributed by atoms with E-state index in [0.717, 1.165) is 30.5 Å².